The number of thiophene rings is 1. The summed E-state index contributed by atoms with van der Waals surface area (Å²) in [5.41, 5.74) is 1.40. The van der Waals surface area contributed by atoms with Gasteiger partial charge >= 0.3 is 0 Å². The summed E-state index contributed by atoms with van der Waals surface area (Å²) >= 11 is 3.52. The highest BCUT2D eigenvalue weighted by atomic mass is 32.2. The Morgan fingerprint density at radius 2 is 2.20 bits per heavy atom. The molecule has 0 aliphatic carbocycles. The van der Waals surface area contributed by atoms with Crippen molar-refractivity contribution in [1.82, 2.24) is 0 Å². The van der Waals surface area contributed by atoms with Gasteiger partial charge in [-0.3, -0.25) is 0 Å². The molecule has 0 fully saturated rings. The highest BCUT2D eigenvalue weighted by molar-refractivity contribution is 7.99. The molecule has 3 heteroatoms. The van der Waals surface area contributed by atoms with Crippen molar-refractivity contribution < 1.29 is 5.11 Å². The SMILES string of the molecule is Oc1cccc(SCCc2ccsc2)c1. The lowest BCUT2D eigenvalue weighted by Crippen LogP contribution is -1.84. The number of aromatic hydroxyl groups is 1. The highest BCUT2D eigenvalue weighted by Gasteiger charge is 1.97. The van der Waals surface area contributed by atoms with Crippen LogP contribution in [0.4, 0.5) is 0 Å². The zero-order valence-corrected chi connectivity index (χ0v) is 9.85. The van der Waals surface area contributed by atoms with Crippen LogP contribution in [0.2, 0.25) is 0 Å². The van der Waals surface area contributed by atoms with Crippen LogP contribution in [0.3, 0.4) is 0 Å². The summed E-state index contributed by atoms with van der Waals surface area (Å²) in [5.74, 6) is 1.40. The predicted molar refractivity (Wildman–Crippen MR) is 66.9 cm³/mol. The van der Waals surface area contributed by atoms with E-state index in [1.165, 1.54) is 5.56 Å². The average Bonchev–Trinajstić information content (AvgIpc) is 2.71. The maximum atomic E-state index is 9.28. The minimum atomic E-state index is 0.343. The number of aryl methyl sites for hydroxylation is 1. The number of benzene rings is 1. The van der Waals surface area contributed by atoms with E-state index in [2.05, 4.69) is 16.8 Å². The zero-order chi connectivity index (χ0) is 10.5. The van der Waals surface area contributed by atoms with Gasteiger partial charge in [-0.25, -0.2) is 0 Å². The number of phenols is 1. The van der Waals surface area contributed by atoms with Gasteiger partial charge < -0.3 is 5.11 Å². The van der Waals surface area contributed by atoms with Crippen LogP contribution in [0, 0.1) is 0 Å². The zero-order valence-electron chi connectivity index (χ0n) is 8.22. The topological polar surface area (TPSA) is 20.2 Å². The monoisotopic (exact) mass is 236 g/mol. The van der Waals surface area contributed by atoms with E-state index in [4.69, 9.17) is 0 Å². The van der Waals surface area contributed by atoms with Crippen LogP contribution in [-0.2, 0) is 6.42 Å². The molecule has 0 atom stereocenters. The number of thioether (sulfide) groups is 1. The Kier molecular flexibility index (Phi) is 3.69. The number of hydrogen-bond donors (Lipinski definition) is 1. The molecule has 1 N–H and O–H groups in total. The van der Waals surface area contributed by atoms with E-state index in [1.54, 1.807) is 35.2 Å². The van der Waals surface area contributed by atoms with Crippen LogP contribution in [0.5, 0.6) is 5.75 Å². The molecule has 0 amide bonds. The molecule has 0 saturated carbocycles. The highest BCUT2D eigenvalue weighted by Crippen LogP contribution is 2.23. The molecular formula is C12H12OS2. The fraction of sp³-hybridized carbons (Fsp3) is 0.167. The molecule has 1 heterocycles. The third-order valence-electron chi connectivity index (χ3n) is 2.06. The van der Waals surface area contributed by atoms with Gasteiger partial charge in [-0.2, -0.15) is 11.3 Å². The maximum Gasteiger partial charge on any atom is 0.116 e. The van der Waals surface area contributed by atoms with E-state index in [0.29, 0.717) is 5.75 Å². The molecule has 0 aliphatic rings. The Morgan fingerprint density at radius 1 is 1.27 bits per heavy atom. The minimum Gasteiger partial charge on any atom is -0.508 e. The van der Waals surface area contributed by atoms with E-state index in [9.17, 15) is 5.11 Å². The third kappa shape index (κ3) is 3.29. The third-order valence-corrected chi connectivity index (χ3v) is 3.78. The van der Waals surface area contributed by atoms with E-state index in [1.807, 2.05) is 12.1 Å². The first kappa shape index (κ1) is 10.6. The van der Waals surface area contributed by atoms with Crippen molar-refractivity contribution >= 4 is 23.1 Å². The summed E-state index contributed by atoms with van der Waals surface area (Å²) in [4.78, 5) is 1.13. The summed E-state index contributed by atoms with van der Waals surface area (Å²) in [7, 11) is 0. The lowest BCUT2D eigenvalue weighted by Gasteiger charge is -2.00. The Labute approximate surface area is 97.8 Å². The molecule has 1 aromatic heterocycles. The van der Waals surface area contributed by atoms with Gasteiger partial charge in [0.15, 0.2) is 0 Å². The minimum absolute atomic E-state index is 0.343. The first-order chi connectivity index (χ1) is 7.34. The fourth-order valence-electron chi connectivity index (χ4n) is 1.29. The summed E-state index contributed by atoms with van der Waals surface area (Å²) in [5, 5.41) is 13.6. The van der Waals surface area contributed by atoms with Crippen LogP contribution < -0.4 is 0 Å². The lowest BCUT2D eigenvalue weighted by atomic mass is 10.3. The molecule has 0 unspecified atom stereocenters. The second-order valence-electron chi connectivity index (χ2n) is 3.23. The Balaban J connectivity index is 1.83. The molecule has 1 nitrogen and oxygen atoms in total. The molecule has 78 valence electrons. The van der Waals surface area contributed by atoms with Crippen molar-refractivity contribution in [2.24, 2.45) is 0 Å². The summed E-state index contributed by atoms with van der Waals surface area (Å²) < 4.78 is 0. The first-order valence-electron chi connectivity index (χ1n) is 4.77. The van der Waals surface area contributed by atoms with E-state index >= 15 is 0 Å². The van der Waals surface area contributed by atoms with Crippen LogP contribution in [0.15, 0.2) is 46.0 Å². The van der Waals surface area contributed by atoms with Crippen molar-refractivity contribution in [3.63, 3.8) is 0 Å². The molecule has 1 aromatic carbocycles. The second kappa shape index (κ2) is 5.24. The molecule has 0 aliphatic heterocycles. The Bertz CT molecular complexity index is 409. The Hall–Kier alpha value is -0.930. The summed E-state index contributed by atoms with van der Waals surface area (Å²) in [6, 6.07) is 9.56. The van der Waals surface area contributed by atoms with E-state index < -0.39 is 0 Å². The van der Waals surface area contributed by atoms with Crippen LogP contribution in [-0.4, -0.2) is 10.9 Å². The largest absolute Gasteiger partial charge is 0.508 e. The molecule has 0 saturated heterocycles. The summed E-state index contributed by atoms with van der Waals surface area (Å²) in [6.45, 7) is 0. The fourth-order valence-corrected chi connectivity index (χ4v) is 2.95. The van der Waals surface area contributed by atoms with Crippen LogP contribution in [0.1, 0.15) is 5.56 Å². The Morgan fingerprint density at radius 3 is 2.93 bits per heavy atom. The number of phenolic OH excluding ortho intramolecular Hbond substituents is 1. The number of rotatable bonds is 4. The van der Waals surface area contributed by atoms with Crippen LogP contribution in [0.25, 0.3) is 0 Å². The van der Waals surface area contributed by atoms with Gasteiger partial charge in [-0.15, -0.1) is 11.8 Å². The van der Waals surface area contributed by atoms with Crippen molar-refractivity contribution in [3.05, 3.63) is 46.7 Å². The molecular weight excluding hydrogens is 224 g/mol. The molecule has 0 spiro atoms. The van der Waals surface area contributed by atoms with Gasteiger partial charge in [0.25, 0.3) is 0 Å². The van der Waals surface area contributed by atoms with Crippen molar-refractivity contribution in [2.45, 2.75) is 11.3 Å². The second-order valence-corrected chi connectivity index (χ2v) is 5.18. The molecule has 15 heavy (non-hydrogen) atoms. The van der Waals surface area contributed by atoms with Gasteiger partial charge in [-0.1, -0.05) is 6.07 Å². The van der Waals surface area contributed by atoms with E-state index in [-0.39, 0.29) is 0 Å². The predicted octanol–water partition coefficient (Wildman–Crippen LogP) is 3.79. The van der Waals surface area contributed by atoms with Gasteiger partial charge in [0.05, 0.1) is 0 Å². The summed E-state index contributed by atoms with van der Waals surface area (Å²) in [6.07, 6.45) is 1.09. The van der Waals surface area contributed by atoms with Gasteiger partial charge in [0.1, 0.15) is 5.75 Å². The molecule has 2 aromatic rings. The van der Waals surface area contributed by atoms with Crippen LogP contribution >= 0.6 is 23.1 Å². The molecule has 0 bridgehead atoms. The van der Waals surface area contributed by atoms with Crippen molar-refractivity contribution in [3.8, 4) is 5.75 Å². The van der Waals surface area contributed by atoms with Gasteiger partial charge in [0, 0.05) is 10.6 Å². The van der Waals surface area contributed by atoms with Gasteiger partial charge in [0.2, 0.25) is 0 Å². The standard InChI is InChI=1S/C12H12OS2/c13-11-2-1-3-12(8-11)15-7-5-10-4-6-14-9-10/h1-4,6,8-9,13H,5,7H2. The maximum absolute atomic E-state index is 9.28. The van der Waals surface area contributed by atoms with E-state index in [0.717, 1.165) is 17.1 Å². The molecule has 2 rings (SSSR count). The normalized spacial score (nSPS) is 10.4. The first-order valence-corrected chi connectivity index (χ1v) is 6.70. The average molecular weight is 236 g/mol. The quantitative estimate of drug-likeness (QED) is 0.815. The molecule has 0 radical (unpaired) electrons. The van der Waals surface area contributed by atoms with Crippen molar-refractivity contribution in [2.75, 3.05) is 5.75 Å². The number of hydrogen-bond acceptors (Lipinski definition) is 3. The van der Waals surface area contributed by atoms with Crippen molar-refractivity contribution in [1.29, 1.82) is 0 Å². The lowest BCUT2D eigenvalue weighted by molar-refractivity contribution is 0.474. The smallest absolute Gasteiger partial charge is 0.116 e. The van der Waals surface area contributed by atoms with Gasteiger partial charge in [-0.05, 0) is 47.0 Å².